The maximum Gasteiger partial charge on any atom is 0.224 e. The number of nitrogens with two attached hydrogens (primary N) is 1. The number of rotatable bonds is 5. The second-order valence-electron chi connectivity index (χ2n) is 5.08. The Morgan fingerprint density at radius 1 is 1.24 bits per heavy atom. The standard InChI is InChI=1S/C17H19BrN2O/c1-12-10-14(18)16(11-15(12)19)20-17(21)9-5-8-13-6-3-2-4-7-13/h2-4,6-7,10-11H,5,8-9,19H2,1H3,(H,20,21). The van der Waals surface area contributed by atoms with E-state index in [2.05, 4.69) is 33.4 Å². The third-order valence-electron chi connectivity index (χ3n) is 3.34. The molecule has 3 N–H and O–H groups in total. The molecule has 0 heterocycles. The first-order valence-electron chi connectivity index (χ1n) is 6.95. The molecule has 0 saturated heterocycles. The highest BCUT2D eigenvalue weighted by Crippen LogP contribution is 2.27. The summed E-state index contributed by atoms with van der Waals surface area (Å²) >= 11 is 3.44. The number of nitrogens with one attached hydrogen (secondary N) is 1. The Balaban J connectivity index is 1.86. The molecule has 0 spiro atoms. The molecular weight excluding hydrogens is 328 g/mol. The summed E-state index contributed by atoms with van der Waals surface area (Å²) < 4.78 is 0.852. The molecule has 4 heteroatoms. The minimum Gasteiger partial charge on any atom is -0.398 e. The minimum atomic E-state index is 0.00915. The normalized spacial score (nSPS) is 10.4. The van der Waals surface area contributed by atoms with Gasteiger partial charge in [0.05, 0.1) is 5.69 Å². The van der Waals surface area contributed by atoms with Gasteiger partial charge in [-0.05, 0) is 59.0 Å². The van der Waals surface area contributed by atoms with Crippen LogP contribution in [0.15, 0.2) is 46.9 Å². The predicted molar refractivity (Wildman–Crippen MR) is 91.3 cm³/mol. The third-order valence-corrected chi connectivity index (χ3v) is 4.00. The number of carbonyl (C=O) groups is 1. The first kappa shape index (κ1) is 15.6. The fraction of sp³-hybridized carbons (Fsp3) is 0.235. The molecule has 2 rings (SSSR count). The highest BCUT2D eigenvalue weighted by atomic mass is 79.9. The van der Waals surface area contributed by atoms with Gasteiger partial charge in [-0.2, -0.15) is 0 Å². The van der Waals surface area contributed by atoms with E-state index < -0.39 is 0 Å². The van der Waals surface area contributed by atoms with Crippen molar-refractivity contribution in [1.82, 2.24) is 0 Å². The molecular formula is C17H19BrN2O. The Hall–Kier alpha value is -1.81. The van der Waals surface area contributed by atoms with Crippen molar-refractivity contribution in [3.63, 3.8) is 0 Å². The molecule has 2 aromatic rings. The first-order chi connectivity index (χ1) is 10.1. The van der Waals surface area contributed by atoms with E-state index in [4.69, 9.17) is 5.73 Å². The average Bonchev–Trinajstić information content (AvgIpc) is 2.46. The third kappa shape index (κ3) is 4.60. The Bertz CT molecular complexity index is 626. The van der Waals surface area contributed by atoms with Gasteiger partial charge < -0.3 is 11.1 Å². The maximum absolute atomic E-state index is 12.0. The molecule has 0 aromatic heterocycles. The van der Waals surface area contributed by atoms with E-state index in [0.29, 0.717) is 12.1 Å². The Morgan fingerprint density at radius 3 is 2.67 bits per heavy atom. The molecule has 0 bridgehead atoms. The molecule has 0 aliphatic rings. The summed E-state index contributed by atoms with van der Waals surface area (Å²) in [4.78, 5) is 12.0. The van der Waals surface area contributed by atoms with Crippen molar-refractivity contribution in [3.8, 4) is 0 Å². The van der Waals surface area contributed by atoms with Gasteiger partial charge in [-0.15, -0.1) is 0 Å². The number of carbonyl (C=O) groups excluding carboxylic acids is 1. The van der Waals surface area contributed by atoms with Gasteiger partial charge >= 0.3 is 0 Å². The highest BCUT2D eigenvalue weighted by Gasteiger charge is 2.08. The SMILES string of the molecule is Cc1cc(Br)c(NC(=O)CCCc2ccccc2)cc1N. The maximum atomic E-state index is 12.0. The van der Waals surface area contributed by atoms with Gasteiger partial charge in [0.15, 0.2) is 0 Å². The van der Waals surface area contributed by atoms with Gasteiger partial charge in [-0.3, -0.25) is 4.79 Å². The quantitative estimate of drug-likeness (QED) is 0.793. The second kappa shape index (κ2) is 7.27. The summed E-state index contributed by atoms with van der Waals surface area (Å²) in [5.41, 5.74) is 9.52. The smallest absolute Gasteiger partial charge is 0.224 e. The lowest BCUT2D eigenvalue weighted by molar-refractivity contribution is -0.116. The summed E-state index contributed by atoms with van der Waals surface area (Å²) in [5.74, 6) is 0.00915. The number of anilines is 2. The molecule has 0 aliphatic carbocycles. The zero-order chi connectivity index (χ0) is 15.2. The van der Waals surface area contributed by atoms with Crippen LogP contribution in [0.3, 0.4) is 0 Å². The highest BCUT2D eigenvalue weighted by molar-refractivity contribution is 9.10. The van der Waals surface area contributed by atoms with E-state index >= 15 is 0 Å². The van der Waals surface area contributed by atoms with Crippen LogP contribution in [-0.4, -0.2) is 5.91 Å². The zero-order valence-electron chi connectivity index (χ0n) is 12.0. The van der Waals surface area contributed by atoms with Crippen LogP contribution in [0, 0.1) is 6.92 Å². The number of aryl methyl sites for hydroxylation is 2. The van der Waals surface area contributed by atoms with Crippen LogP contribution in [0.5, 0.6) is 0 Å². The molecule has 1 amide bonds. The summed E-state index contributed by atoms with van der Waals surface area (Å²) in [6.07, 6.45) is 2.23. The second-order valence-corrected chi connectivity index (χ2v) is 5.93. The van der Waals surface area contributed by atoms with E-state index in [9.17, 15) is 4.79 Å². The molecule has 110 valence electrons. The summed E-state index contributed by atoms with van der Waals surface area (Å²) in [7, 11) is 0. The molecule has 0 radical (unpaired) electrons. The molecule has 0 aliphatic heterocycles. The van der Waals surface area contributed by atoms with Crippen molar-refractivity contribution in [3.05, 3.63) is 58.1 Å². The first-order valence-corrected chi connectivity index (χ1v) is 7.75. The van der Waals surface area contributed by atoms with E-state index in [1.165, 1.54) is 5.56 Å². The van der Waals surface area contributed by atoms with Crippen LogP contribution in [0.1, 0.15) is 24.0 Å². The van der Waals surface area contributed by atoms with Crippen LogP contribution in [-0.2, 0) is 11.2 Å². The van der Waals surface area contributed by atoms with Crippen LogP contribution >= 0.6 is 15.9 Å². The molecule has 0 unspecified atom stereocenters. The van der Waals surface area contributed by atoms with Crippen molar-refractivity contribution in [2.45, 2.75) is 26.2 Å². The minimum absolute atomic E-state index is 0.00915. The number of amides is 1. The summed E-state index contributed by atoms with van der Waals surface area (Å²) in [6.45, 7) is 1.94. The number of benzene rings is 2. The lowest BCUT2D eigenvalue weighted by Gasteiger charge is -2.10. The lowest BCUT2D eigenvalue weighted by Crippen LogP contribution is -2.12. The molecule has 0 atom stereocenters. The molecule has 0 saturated carbocycles. The van der Waals surface area contributed by atoms with Crippen molar-refractivity contribution in [1.29, 1.82) is 0 Å². The number of hydrogen-bond donors (Lipinski definition) is 2. The average molecular weight is 347 g/mol. The molecule has 3 nitrogen and oxygen atoms in total. The Morgan fingerprint density at radius 2 is 1.95 bits per heavy atom. The van der Waals surface area contributed by atoms with Crippen molar-refractivity contribution < 1.29 is 4.79 Å². The van der Waals surface area contributed by atoms with E-state index in [0.717, 1.165) is 28.6 Å². The topological polar surface area (TPSA) is 55.1 Å². The van der Waals surface area contributed by atoms with E-state index in [1.807, 2.05) is 31.2 Å². The van der Waals surface area contributed by atoms with Gasteiger partial charge in [-0.25, -0.2) is 0 Å². The molecule has 21 heavy (non-hydrogen) atoms. The summed E-state index contributed by atoms with van der Waals surface area (Å²) in [6, 6.07) is 13.9. The van der Waals surface area contributed by atoms with E-state index in [1.54, 1.807) is 6.07 Å². The Labute approximate surface area is 133 Å². The number of nitrogen functional groups attached to an aromatic ring is 1. The van der Waals surface area contributed by atoms with Gasteiger partial charge in [-0.1, -0.05) is 30.3 Å². The molecule has 0 fully saturated rings. The largest absolute Gasteiger partial charge is 0.398 e. The van der Waals surface area contributed by atoms with Crippen LogP contribution in [0.25, 0.3) is 0 Å². The lowest BCUT2D eigenvalue weighted by atomic mass is 10.1. The van der Waals surface area contributed by atoms with Crippen LogP contribution < -0.4 is 11.1 Å². The fourth-order valence-corrected chi connectivity index (χ4v) is 2.65. The van der Waals surface area contributed by atoms with Crippen molar-refractivity contribution >= 4 is 33.2 Å². The van der Waals surface area contributed by atoms with Crippen LogP contribution in [0.4, 0.5) is 11.4 Å². The Kier molecular flexibility index (Phi) is 5.39. The number of halogens is 1. The van der Waals surface area contributed by atoms with Gasteiger partial charge in [0.25, 0.3) is 0 Å². The van der Waals surface area contributed by atoms with E-state index in [-0.39, 0.29) is 5.91 Å². The van der Waals surface area contributed by atoms with Crippen molar-refractivity contribution in [2.75, 3.05) is 11.1 Å². The number of hydrogen-bond acceptors (Lipinski definition) is 2. The monoisotopic (exact) mass is 346 g/mol. The predicted octanol–water partition coefficient (Wildman–Crippen LogP) is 4.30. The van der Waals surface area contributed by atoms with Crippen LogP contribution in [0.2, 0.25) is 0 Å². The van der Waals surface area contributed by atoms with Crippen molar-refractivity contribution in [2.24, 2.45) is 0 Å². The molecule has 2 aromatic carbocycles. The van der Waals surface area contributed by atoms with Gasteiger partial charge in [0, 0.05) is 16.6 Å². The zero-order valence-corrected chi connectivity index (χ0v) is 13.6. The fourth-order valence-electron chi connectivity index (χ4n) is 2.10. The summed E-state index contributed by atoms with van der Waals surface area (Å²) in [5, 5.41) is 2.90. The van der Waals surface area contributed by atoms with Gasteiger partial charge in [0.2, 0.25) is 5.91 Å². The van der Waals surface area contributed by atoms with Gasteiger partial charge in [0.1, 0.15) is 0 Å².